The molecule has 0 radical (unpaired) electrons. The number of benzene rings is 2. The largest absolute Gasteiger partial charge is 0.380 e. The Bertz CT molecular complexity index is 646. The zero-order chi connectivity index (χ0) is 15.6. The lowest BCUT2D eigenvalue weighted by Gasteiger charge is -2.23. The standard InChI is InChI=1S/C17H20Cl2N2/c1-11-9-13(21-17(2,3)4)6-8-16(11)20-12-5-7-14(18)15(19)10-12/h5-10,20-21H,1-4H3. The Hall–Kier alpha value is -1.38. The van der Waals surface area contributed by atoms with E-state index in [9.17, 15) is 0 Å². The molecule has 2 nitrogen and oxygen atoms in total. The van der Waals surface area contributed by atoms with Gasteiger partial charge in [0.05, 0.1) is 10.0 Å². The molecule has 0 unspecified atom stereocenters. The normalized spacial score (nSPS) is 11.3. The van der Waals surface area contributed by atoms with E-state index in [4.69, 9.17) is 23.2 Å². The molecule has 21 heavy (non-hydrogen) atoms. The summed E-state index contributed by atoms with van der Waals surface area (Å²) in [6.45, 7) is 8.51. The number of hydrogen-bond acceptors (Lipinski definition) is 2. The number of nitrogens with one attached hydrogen (secondary N) is 2. The van der Waals surface area contributed by atoms with Gasteiger partial charge in [-0.3, -0.25) is 0 Å². The molecule has 0 spiro atoms. The molecule has 4 heteroatoms. The lowest BCUT2D eigenvalue weighted by Crippen LogP contribution is -2.26. The van der Waals surface area contributed by atoms with Crippen molar-refractivity contribution in [3.05, 3.63) is 52.0 Å². The second-order valence-corrected chi connectivity index (χ2v) is 6.97. The summed E-state index contributed by atoms with van der Waals surface area (Å²) in [6, 6.07) is 11.8. The van der Waals surface area contributed by atoms with Crippen molar-refractivity contribution in [2.24, 2.45) is 0 Å². The van der Waals surface area contributed by atoms with E-state index >= 15 is 0 Å². The van der Waals surface area contributed by atoms with Gasteiger partial charge in [-0.25, -0.2) is 0 Å². The van der Waals surface area contributed by atoms with Crippen LogP contribution in [0.2, 0.25) is 10.0 Å². The quantitative estimate of drug-likeness (QED) is 0.697. The van der Waals surface area contributed by atoms with Crippen LogP contribution in [0.3, 0.4) is 0 Å². The molecule has 0 bridgehead atoms. The van der Waals surface area contributed by atoms with Crippen molar-refractivity contribution in [2.75, 3.05) is 10.6 Å². The molecule has 0 fully saturated rings. The summed E-state index contributed by atoms with van der Waals surface area (Å²) >= 11 is 12.0. The maximum Gasteiger partial charge on any atom is 0.0612 e. The second-order valence-electron chi connectivity index (χ2n) is 6.16. The number of aryl methyl sites for hydroxylation is 1. The molecular weight excluding hydrogens is 303 g/mol. The van der Waals surface area contributed by atoms with Gasteiger partial charge in [-0.05, 0) is 69.7 Å². The molecule has 0 aliphatic heterocycles. The maximum atomic E-state index is 6.04. The highest BCUT2D eigenvalue weighted by atomic mass is 35.5. The van der Waals surface area contributed by atoms with Crippen LogP contribution in [0.5, 0.6) is 0 Å². The summed E-state index contributed by atoms with van der Waals surface area (Å²) in [5, 5.41) is 7.93. The average molecular weight is 323 g/mol. The Balaban J connectivity index is 2.19. The van der Waals surface area contributed by atoms with Crippen LogP contribution in [0.1, 0.15) is 26.3 Å². The van der Waals surface area contributed by atoms with E-state index in [-0.39, 0.29) is 5.54 Å². The third kappa shape index (κ3) is 4.55. The van der Waals surface area contributed by atoms with Gasteiger partial charge >= 0.3 is 0 Å². The van der Waals surface area contributed by atoms with Crippen LogP contribution < -0.4 is 10.6 Å². The van der Waals surface area contributed by atoms with E-state index in [0.717, 1.165) is 22.6 Å². The van der Waals surface area contributed by atoms with Gasteiger partial charge in [0.25, 0.3) is 0 Å². The van der Waals surface area contributed by atoms with Crippen LogP contribution in [-0.4, -0.2) is 5.54 Å². The fourth-order valence-electron chi connectivity index (χ4n) is 2.04. The smallest absolute Gasteiger partial charge is 0.0612 e. The molecule has 2 rings (SSSR count). The summed E-state index contributed by atoms with van der Waals surface area (Å²) in [6.07, 6.45) is 0. The highest BCUT2D eigenvalue weighted by Crippen LogP contribution is 2.29. The summed E-state index contributed by atoms with van der Waals surface area (Å²) in [7, 11) is 0. The molecule has 0 saturated heterocycles. The van der Waals surface area contributed by atoms with Crippen LogP contribution in [0, 0.1) is 6.92 Å². The minimum absolute atomic E-state index is 0.0467. The Morgan fingerprint density at radius 3 is 2.10 bits per heavy atom. The van der Waals surface area contributed by atoms with Gasteiger partial charge in [-0.1, -0.05) is 23.2 Å². The number of anilines is 3. The van der Waals surface area contributed by atoms with Gasteiger partial charge in [-0.2, -0.15) is 0 Å². The highest BCUT2D eigenvalue weighted by Gasteiger charge is 2.10. The molecule has 0 amide bonds. The van der Waals surface area contributed by atoms with Gasteiger partial charge in [0.1, 0.15) is 0 Å². The van der Waals surface area contributed by atoms with Crippen LogP contribution in [-0.2, 0) is 0 Å². The van der Waals surface area contributed by atoms with Gasteiger partial charge in [-0.15, -0.1) is 0 Å². The molecule has 0 aliphatic carbocycles. The molecule has 0 atom stereocenters. The van der Waals surface area contributed by atoms with Crippen LogP contribution >= 0.6 is 23.2 Å². The van der Waals surface area contributed by atoms with E-state index in [2.05, 4.69) is 56.5 Å². The van der Waals surface area contributed by atoms with Gasteiger partial charge < -0.3 is 10.6 Å². The third-order valence-electron chi connectivity index (χ3n) is 2.94. The summed E-state index contributed by atoms with van der Waals surface area (Å²) in [5.41, 5.74) is 4.29. The van der Waals surface area contributed by atoms with Crippen molar-refractivity contribution >= 4 is 40.3 Å². The van der Waals surface area contributed by atoms with Crippen LogP contribution in [0.25, 0.3) is 0 Å². The van der Waals surface area contributed by atoms with Crippen LogP contribution in [0.4, 0.5) is 17.1 Å². The molecule has 0 heterocycles. The molecule has 0 saturated carbocycles. The van der Waals surface area contributed by atoms with E-state index < -0.39 is 0 Å². The predicted octanol–water partition coefficient (Wildman–Crippen LogP) is 6.26. The van der Waals surface area contributed by atoms with Crippen molar-refractivity contribution < 1.29 is 0 Å². The number of rotatable bonds is 3. The van der Waals surface area contributed by atoms with Crippen LogP contribution in [0.15, 0.2) is 36.4 Å². The molecular formula is C17H20Cl2N2. The number of halogens is 2. The first kappa shape index (κ1) is 16.0. The minimum atomic E-state index is 0.0467. The van der Waals surface area contributed by atoms with E-state index in [1.165, 1.54) is 0 Å². The molecule has 2 aromatic carbocycles. The van der Waals surface area contributed by atoms with Gasteiger partial charge in [0, 0.05) is 22.6 Å². The predicted molar refractivity (Wildman–Crippen MR) is 94.3 cm³/mol. The molecule has 112 valence electrons. The average Bonchev–Trinajstić information content (AvgIpc) is 2.35. The Labute approximate surface area is 136 Å². The summed E-state index contributed by atoms with van der Waals surface area (Å²) in [5.74, 6) is 0. The van der Waals surface area contributed by atoms with Crippen molar-refractivity contribution in [1.82, 2.24) is 0 Å². The molecule has 2 aromatic rings. The van der Waals surface area contributed by atoms with E-state index in [1.807, 2.05) is 12.1 Å². The van der Waals surface area contributed by atoms with Crippen molar-refractivity contribution in [3.63, 3.8) is 0 Å². The first-order valence-corrected chi connectivity index (χ1v) is 7.61. The van der Waals surface area contributed by atoms with Crippen molar-refractivity contribution in [1.29, 1.82) is 0 Å². The van der Waals surface area contributed by atoms with Gasteiger partial charge in [0.2, 0.25) is 0 Å². The Morgan fingerprint density at radius 2 is 1.52 bits per heavy atom. The summed E-state index contributed by atoms with van der Waals surface area (Å²) in [4.78, 5) is 0. The zero-order valence-corrected chi connectivity index (χ0v) is 14.2. The van der Waals surface area contributed by atoms with Gasteiger partial charge in [0.15, 0.2) is 0 Å². The summed E-state index contributed by atoms with van der Waals surface area (Å²) < 4.78 is 0. The second kappa shape index (κ2) is 6.17. The first-order chi connectivity index (χ1) is 9.74. The topological polar surface area (TPSA) is 24.1 Å². The van der Waals surface area contributed by atoms with Crippen molar-refractivity contribution in [2.45, 2.75) is 33.2 Å². The number of hydrogen-bond donors (Lipinski definition) is 2. The fraction of sp³-hybridized carbons (Fsp3) is 0.294. The zero-order valence-electron chi connectivity index (χ0n) is 12.7. The molecule has 0 aliphatic rings. The third-order valence-corrected chi connectivity index (χ3v) is 3.68. The highest BCUT2D eigenvalue weighted by molar-refractivity contribution is 6.42. The Morgan fingerprint density at radius 1 is 0.857 bits per heavy atom. The molecule has 2 N–H and O–H groups in total. The lowest BCUT2D eigenvalue weighted by molar-refractivity contribution is 0.634. The minimum Gasteiger partial charge on any atom is -0.380 e. The monoisotopic (exact) mass is 322 g/mol. The fourth-order valence-corrected chi connectivity index (χ4v) is 2.34. The Kier molecular flexibility index (Phi) is 4.70. The van der Waals surface area contributed by atoms with E-state index in [0.29, 0.717) is 10.0 Å². The maximum absolute atomic E-state index is 6.04. The first-order valence-electron chi connectivity index (χ1n) is 6.85. The van der Waals surface area contributed by atoms with E-state index in [1.54, 1.807) is 6.07 Å². The SMILES string of the molecule is Cc1cc(NC(C)(C)C)ccc1Nc1ccc(Cl)c(Cl)c1. The van der Waals surface area contributed by atoms with Crippen molar-refractivity contribution in [3.8, 4) is 0 Å². The lowest BCUT2D eigenvalue weighted by atomic mass is 10.1. The molecule has 0 aromatic heterocycles.